The summed E-state index contributed by atoms with van der Waals surface area (Å²) >= 11 is 6.90. The van der Waals surface area contributed by atoms with Crippen molar-refractivity contribution in [2.45, 2.75) is 13.5 Å². The Morgan fingerprint density at radius 3 is 2.37 bits per heavy atom. The summed E-state index contributed by atoms with van der Waals surface area (Å²) in [5.74, 6) is -0.872. The van der Waals surface area contributed by atoms with Crippen LogP contribution in [0.3, 0.4) is 0 Å². The fourth-order valence-electron chi connectivity index (χ4n) is 2.64. The molecule has 1 heterocycles. The smallest absolute Gasteiger partial charge is 0.252 e. The minimum atomic E-state index is -0.593. The maximum Gasteiger partial charge on any atom is 0.252 e. The molecule has 0 spiro atoms. The Bertz CT molecular complexity index is 993. The quantitative estimate of drug-likeness (QED) is 0.562. The Kier molecular flexibility index (Phi) is 5.76. The second-order valence-electron chi connectivity index (χ2n) is 5.97. The number of benzene rings is 2. The molecule has 0 fully saturated rings. The zero-order valence-electron chi connectivity index (χ0n) is 14.4. The number of carbonyl (C=O) groups is 2. The van der Waals surface area contributed by atoms with Gasteiger partial charge in [0.05, 0.1) is 11.3 Å². The van der Waals surface area contributed by atoms with Crippen LogP contribution in [0.15, 0.2) is 57.6 Å². The van der Waals surface area contributed by atoms with Crippen LogP contribution < -0.4 is 11.1 Å². The number of carbonyl (C=O) groups excluding carboxylic acids is 2. The monoisotopic (exact) mass is 490 g/mol. The van der Waals surface area contributed by atoms with Crippen molar-refractivity contribution in [3.05, 3.63) is 68.7 Å². The Labute approximate surface area is 173 Å². The van der Waals surface area contributed by atoms with Crippen LogP contribution in [0, 0.1) is 6.92 Å². The van der Waals surface area contributed by atoms with E-state index in [2.05, 4.69) is 42.3 Å². The number of hydrogen-bond donors (Lipinski definition) is 2. The van der Waals surface area contributed by atoms with Crippen molar-refractivity contribution in [1.29, 1.82) is 0 Å². The molecule has 0 saturated carbocycles. The third-order valence-corrected chi connectivity index (χ3v) is 5.08. The van der Waals surface area contributed by atoms with Crippen molar-refractivity contribution in [3.8, 4) is 11.3 Å². The van der Waals surface area contributed by atoms with Gasteiger partial charge in [0.25, 0.3) is 5.91 Å². The maximum atomic E-state index is 12.5. The van der Waals surface area contributed by atoms with Gasteiger partial charge in [-0.2, -0.15) is 5.10 Å². The number of aryl methyl sites for hydroxylation is 1. The van der Waals surface area contributed by atoms with Crippen molar-refractivity contribution >= 4 is 49.4 Å². The van der Waals surface area contributed by atoms with E-state index in [0.29, 0.717) is 11.4 Å². The Morgan fingerprint density at radius 1 is 1.15 bits per heavy atom. The van der Waals surface area contributed by atoms with Crippen molar-refractivity contribution in [2.75, 3.05) is 5.32 Å². The van der Waals surface area contributed by atoms with E-state index in [1.807, 2.05) is 49.4 Å². The van der Waals surface area contributed by atoms with Gasteiger partial charge in [-0.05, 0) is 56.5 Å². The molecule has 0 unspecified atom stereocenters. The van der Waals surface area contributed by atoms with E-state index in [1.165, 1.54) is 10.9 Å². The summed E-state index contributed by atoms with van der Waals surface area (Å²) in [6, 6.07) is 13.0. The van der Waals surface area contributed by atoms with Gasteiger partial charge in [0.15, 0.2) is 0 Å². The molecule has 0 aliphatic heterocycles. The van der Waals surface area contributed by atoms with Crippen LogP contribution in [-0.4, -0.2) is 21.6 Å². The lowest BCUT2D eigenvalue weighted by atomic mass is 10.1. The van der Waals surface area contributed by atoms with Gasteiger partial charge in [0.1, 0.15) is 12.2 Å². The van der Waals surface area contributed by atoms with E-state index in [4.69, 9.17) is 5.73 Å². The summed E-state index contributed by atoms with van der Waals surface area (Å²) in [5.41, 5.74) is 8.64. The number of hydrogen-bond acceptors (Lipinski definition) is 3. The molecule has 27 heavy (non-hydrogen) atoms. The largest absolute Gasteiger partial charge is 0.365 e. The van der Waals surface area contributed by atoms with E-state index in [-0.39, 0.29) is 18.0 Å². The van der Waals surface area contributed by atoms with Crippen molar-refractivity contribution < 1.29 is 9.59 Å². The van der Waals surface area contributed by atoms with Crippen LogP contribution in [0.5, 0.6) is 0 Å². The third kappa shape index (κ3) is 4.45. The summed E-state index contributed by atoms with van der Waals surface area (Å²) in [4.78, 5) is 24.2. The molecule has 138 valence electrons. The predicted octanol–water partition coefficient (Wildman–Crippen LogP) is 4.12. The number of anilines is 1. The van der Waals surface area contributed by atoms with E-state index < -0.39 is 5.91 Å². The summed E-state index contributed by atoms with van der Waals surface area (Å²) in [7, 11) is 0. The number of aromatic nitrogens is 2. The topological polar surface area (TPSA) is 90.0 Å². The van der Waals surface area contributed by atoms with Crippen LogP contribution in [0.2, 0.25) is 0 Å². The van der Waals surface area contributed by atoms with Crippen molar-refractivity contribution in [2.24, 2.45) is 5.73 Å². The molecular formula is C19H16Br2N4O2. The maximum absolute atomic E-state index is 12.5. The number of nitrogens with one attached hydrogen (secondary N) is 1. The molecule has 1 aromatic heterocycles. The molecule has 0 aliphatic carbocycles. The van der Waals surface area contributed by atoms with E-state index >= 15 is 0 Å². The zero-order chi connectivity index (χ0) is 19.6. The van der Waals surface area contributed by atoms with Gasteiger partial charge < -0.3 is 11.1 Å². The molecule has 0 aliphatic rings. The molecule has 6 nitrogen and oxygen atoms in total. The van der Waals surface area contributed by atoms with E-state index in [1.54, 1.807) is 0 Å². The second-order valence-corrected chi connectivity index (χ2v) is 7.68. The first-order chi connectivity index (χ1) is 12.8. The van der Waals surface area contributed by atoms with Gasteiger partial charge in [0, 0.05) is 20.7 Å². The SMILES string of the molecule is Cc1cc(Br)c(NC(=O)Cn2cc(C(N)=O)c(-c3ccccc3)n2)c(Br)c1. The second kappa shape index (κ2) is 8.06. The van der Waals surface area contributed by atoms with Crippen LogP contribution in [0.4, 0.5) is 5.69 Å². The number of nitrogens with two attached hydrogens (primary N) is 1. The summed E-state index contributed by atoms with van der Waals surface area (Å²) in [6.45, 7) is 1.90. The molecule has 8 heteroatoms. The third-order valence-electron chi connectivity index (χ3n) is 3.83. The van der Waals surface area contributed by atoms with Crippen LogP contribution >= 0.6 is 31.9 Å². The fourth-order valence-corrected chi connectivity index (χ4v) is 4.25. The lowest BCUT2D eigenvalue weighted by Gasteiger charge is -2.11. The van der Waals surface area contributed by atoms with Crippen LogP contribution in [0.25, 0.3) is 11.3 Å². The predicted molar refractivity (Wildman–Crippen MR) is 111 cm³/mol. The Morgan fingerprint density at radius 2 is 1.78 bits per heavy atom. The zero-order valence-corrected chi connectivity index (χ0v) is 17.5. The Balaban J connectivity index is 1.84. The number of primary amides is 1. The number of halogens is 2. The summed E-state index contributed by atoms with van der Waals surface area (Å²) in [5, 5.41) is 7.22. The van der Waals surface area contributed by atoms with Gasteiger partial charge in [-0.1, -0.05) is 30.3 Å². The van der Waals surface area contributed by atoms with Gasteiger partial charge in [-0.25, -0.2) is 0 Å². The number of amides is 2. The first-order valence-corrected chi connectivity index (χ1v) is 9.62. The normalized spacial score (nSPS) is 10.6. The first kappa shape index (κ1) is 19.3. The minimum Gasteiger partial charge on any atom is -0.365 e. The first-order valence-electron chi connectivity index (χ1n) is 8.03. The standard InChI is InChI=1S/C19H16Br2N4O2/c1-11-7-14(20)18(15(21)8-11)23-16(26)10-25-9-13(19(22)27)17(24-25)12-5-3-2-4-6-12/h2-9H,10H2,1H3,(H2,22,27)(H,23,26). The highest BCUT2D eigenvalue weighted by Crippen LogP contribution is 2.32. The Hall–Kier alpha value is -2.45. The molecular weight excluding hydrogens is 476 g/mol. The van der Waals surface area contributed by atoms with Gasteiger partial charge in [0.2, 0.25) is 5.91 Å². The summed E-state index contributed by atoms with van der Waals surface area (Å²) in [6.07, 6.45) is 1.49. The molecule has 0 saturated heterocycles. The fraction of sp³-hybridized carbons (Fsp3) is 0.105. The average molecular weight is 492 g/mol. The van der Waals surface area contributed by atoms with E-state index in [0.717, 1.165) is 20.1 Å². The lowest BCUT2D eigenvalue weighted by molar-refractivity contribution is -0.116. The van der Waals surface area contributed by atoms with E-state index in [9.17, 15) is 9.59 Å². The highest BCUT2D eigenvalue weighted by Gasteiger charge is 2.17. The molecule has 3 aromatic rings. The average Bonchev–Trinajstić information content (AvgIpc) is 3.03. The van der Waals surface area contributed by atoms with Crippen molar-refractivity contribution in [1.82, 2.24) is 9.78 Å². The van der Waals surface area contributed by atoms with Gasteiger partial charge in [-0.3, -0.25) is 14.3 Å². The molecule has 0 bridgehead atoms. The molecule has 0 radical (unpaired) electrons. The molecule has 0 atom stereocenters. The highest BCUT2D eigenvalue weighted by atomic mass is 79.9. The molecule has 2 amide bonds. The van der Waals surface area contributed by atoms with Crippen molar-refractivity contribution in [3.63, 3.8) is 0 Å². The van der Waals surface area contributed by atoms with Gasteiger partial charge >= 0.3 is 0 Å². The van der Waals surface area contributed by atoms with Crippen LogP contribution in [0.1, 0.15) is 15.9 Å². The van der Waals surface area contributed by atoms with Gasteiger partial charge in [-0.15, -0.1) is 0 Å². The van der Waals surface area contributed by atoms with Crippen LogP contribution in [-0.2, 0) is 11.3 Å². The minimum absolute atomic E-state index is 0.0557. The summed E-state index contributed by atoms with van der Waals surface area (Å²) < 4.78 is 2.95. The molecule has 3 N–H and O–H groups in total. The molecule has 2 aromatic carbocycles. The lowest BCUT2D eigenvalue weighted by Crippen LogP contribution is -2.19. The number of rotatable bonds is 5. The highest BCUT2D eigenvalue weighted by molar-refractivity contribution is 9.11. The molecule has 3 rings (SSSR count). The number of nitrogens with zero attached hydrogens (tertiary/aromatic N) is 2.